The molecule has 3 atom stereocenters. The van der Waals surface area contributed by atoms with Gasteiger partial charge >= 0.3 is 0 Å². The molecule has 3 unspecified atom stereocenters. The molecule has 1 saturated heterocycles. The zero-order chi connectivity index (χ0) is 12.8. The molecule has 0 bridgehead atoms. The van der Waals surface area contributed by atoms with Crippen LogP contribution in [0.1, 0.15) is 46.5 Å². The van der Waals surface area contributed by atoms with E-state index in [4.69, 9.17) is 0 Å². The second-order valence-corrected chi connectivity index (χ2v) is 5.44. The molecule has 0 aromatic carbocycles. The number of rotatable bonds is 7. The van der Waals surface area contributed by atoms with E-state index in [1.165, 1.54) is 12.8 Å². The van der Waals surface area contributed by atoms with Gasteiger partial charge in [0, 0.05) is 25.6 Å². The van der Waals surface area contributed by atoms with Gasteiger partial charge in [-0.3, -0.25) is 4.79 Å². The number of likely N-dealkylation sites (tertiary alicyclic amines) is 1. The predicted octanol–water partition coefficient (Wildman–Crippen LogP) is 2.27. The SMILES string of the molecule is CCCC1CC(=O)N(CC(NC)C(C)CC)C1. The molecule has 3 heteroatoms. The van der Waals surface area contributed by atoms with Crippen LogP contribution in [0, 0.1) is 11.8 Å². The largest absolute Gasteiger partial charge is 0.341 e. The molecule has 0 saturated carbocycles. The molecular weight excluding hydrogens is 212 g/mol. The highest BCUT2D eigenvalue weighted by Gasteiger charge is 2.30. The monoisotopic (exact) mass is 240 g/mol. The summed E-state index contributed by atoms with van der Waals surface area (Å²) in [7, 11) is 2.00. The quantitative estimate of drug-likeness (QED) is 0.740. The van der Waals surface area contributed by atoms with Crippen molar-refractivity contribution in [1.82, 2.24) is 10.2 Å². The zero-order valence-electron chi connectivity index (χ0n) is 11.8. The number of nitrogens with zero attached hydrogens (tertiary/aromatic N) is 1. The molecule has 1 rings (SSSR count). The van der Waals surface area contributed by atoms with Crippen molar-refractivity contribution in [3.8, 4) is 0 Å². The lowest BCUT2D eigenvalue weighted by molar-refractivity contribution is -0.128. The van der Waals surface area contributed by atoms with Gasteiger partial charge in [0.05, 0.1) is 0 Å². The van der Waals surface area contributed by atoms with Gasteiger partial charge in [0.25, 0.3) is 0 Å². The van der Waals surface area contributed by atoms with Crippen molar-refractivity contribution < 1.29 is 4.79 Å². The summed E-state index contributed by atoms with van der Waals surface area (Å²) in [5.74, 6) is 1.58. The highest BCUT2D eigenvalue weighted by atomic mass is 16.2. The molecule has 0 radical (unpaired) electrons. The van der Waals surface area contributed by atoms with Gasteiger partial charge in [-0.2, -0.15) is 0 Å². The average molecular weight is 240 g/mol. The number of carbonyl (C=O) groups excluding carboxylic acids is 1. The molecule has 1 fully saturated rings. The fourth-order valence-corrected chi connectivity index (χ4v) is 2.71. The van der Waals surface area contributed by atoms with Gasteiger partial charge in [0.1, 0.15) is 0 Å². The molecule has 1 N–H and O–H groups in total. The third-order valence-corrected chi connectivity index (χ3v) is 4.11. The Morgan fingerprint density at radius 1 is 1.47 bits per heavy atom. The molecular formula is C14H28N2O. The molecule has 0 aliphatic carbocycles. The lowest BCUT2D eigenvalue weighted by Crippen LogP contribution is -2.43. The maximum Gasteiger partial charge on any atom is 0.222 e. The summed E-state index contributed by atoms with van der Waals surface area (Å²) < 4.78 is 0. The van der Waals surface area contributed by atoms with Crippen LogP contribution in [0.25, 0.3) is 0 Å². The van der Waals surface area contributed by atoms with Crippen molar-refractivity contribution in [3.05, 3.63) is 0 Å². The van der Waals surface area contributed by atoms with E-state index in [0.717, 1.165) is 25.9 Å². The fourth-order valence-electron chi connectivity index (χ4n) is 2.71. The normalized spacial score (nSPS) is 24.1. The molecule has 0 aromatic heterocycles. The van der Waals surface area contributed by atoms with E-state index < -0.39 is 0 Å². The zero-order valence-corrected chi connectivity index (χ0v) is 11.8. The first-order valence-electron chi connectivity index (χ1n) is 7.07. The maximum absolute atomic E-state index is 11.9. The lowest BCUT2D eigenvalue weighted by Gasteiger charge is -2.28. The number of carbonyl (C=O) groups is 1. The smallest absolute Gasteiger partial charge is 0.222 e. The first-order chi connectivity index (χ1) is 8.12. The minimum absolute atomic E-state index is 0.354. The van der Waals surface area contributed by atoms with Crippen molar-refractivity contribution in [1.29, 1.82) is 0 Å². The Hall–Kier alpha value is -0.570. The number of likely N-dealkylation sites (N-methyl/N-ethyl adjacent to an activating group) is 1. The van der Waals surface area contributed by atoms with E-state index in [9.17, 15) is 4.79 Å². The topological polar surface area (TPSA) is 32.3 Å². The van der Waals surface area contributed by atoms with Gasteiger partial charge in [0.2, 0.25) is 5.91 Å². The third-order valence-electron chi connectivity index (χ3n) is 4.11. The summed E-state index contributed by atoms with van der Waals surface area (Å²) >= 11 is 0. The lowest BCUT2D eigenvalue weighted by atomic mass is 9.99. The first-order valence-corrected chi connectivity index (χ1v) is 7.07. The molecule has 1 aliphatic heterocycles. The third kappa shape index (κ3) is 3.98. The summed E-state index contributed by atoms with van der Waals surface area (Å²) in [6.07, 6.45) is 4.30. The first kappa shape index (κ1) is 14.5. The molecule has 1 heterocycles. The van der Waals surface area contributed by atoms with E-state index in [1.54, 1.807) is 0 Å². The average Bonchev–Trinajstić information content (AvgIpc) is 2.66. The van der Waals surface area contributed by atoms with E-state index in [2.05, 4.69) is 31.0 Å². The Morgan fingerprint density at radius 3 is 2.71 bits per heavy atom. The summed E-state index contributed by atoms with van der Waals surface area (Å²) in [6, 6.07) is 0.435. The number of hydrogen-bond acceptors (Lipinski definition) is 2. The van der Waals surface area contributed by atoms with Crippen LogP contribution in [0.5, 0.6) is 0 Å². The molecule has 3 nitrogen and oxygen atoms in total. The van der Waals surface area contributed by atoms with E-state index in [0.29, 0.717) is 23.8 Å². The van der Waals surface area contributed by atoms with Crippen LogP contribution in [-0.2, 0) is 4.79 Å². The minimum atomic E-state index is 0.354. The molecule has 100 valence electrons. The van der Waals surface area contributed by atoms with Gasteiger partial charge in [-0.05, 0) is 25.3 Å². The molecule has 1 aliphatic rings. The Balaban J connectivity index is 2.47. The van der Waals surface area contributed by atoms with Gasteiger partial charge in [-0.25, -0.2) is 0 Å². The summed E-state index contributed by atoms with van der Waals surface area (Å²) in [6.45, 7) is 8.51. The molecule has 17 heavy (non-hydrogen) atoms. The number of amides is 1. The molecule has 1 amide bonds. The molecule has 0 spiro atoms. The van der Waals surface area contributed by atoms with E-state index in [-0.39, 0.29) is 0 Å². The van der Waals surface area contributed by atoms with Crippen LogP contribution in [0.2, 0.25) is 0 Å². The highest BCUT2D eigenvalue weighted by molar-refractivity contribution is 5.78. The Bertz CT molecular complexity index is 242. The van der Waals surface area contributed by atoms with Crippen LogP contribution in [0.3, 0.4) is 0 Å². The van der Waals surface area contributed by atoms with Crippen molar-refractivity contribution >= 4 is 5.91 Å². The minimum Gasteiger partial charge on any atom is -0.341 e. The van der Waals surface area contributed by atoms with Gasteiger partial charge in [-0.1, -0.05) is 33.6 Å². The number of nitrogens with one attached hydrogen (secondary N) is 1. The van der Waals surface area contributed by atoms with Crippen molar-refractivity contribution in [2.45, 2.75) is 52.5 Å². The van der Waals surface area contributed by atoms with Gasteiger partial charge in [-0.15, -0.1) is 0 Å². The summed E-state index contributed by atoms with van der Waals surface area (Å²) in [4.78, 5) is 14.0. The number of hydrogen-bond donors (Lipinski definition) is 1. The second kappa shape index (κ2) is 7.00. The van der Waals surface area contributed by atoms with Crippen LogP contribution >= 0.6 is 0 Å². The van der Waals surface area contributed by atoms with Gasteiger partial charge in [0.15, 0.2) is 0 Å². The van der Waals surface area contributed by atoms with Gasteiger partial charge < -0.3 is 10.2 Å². The van der Waals surface area contributed by atoms with Crippen LogP contribution in [-0.4, -0.2) is 37.0 Å². The van der Waals surface area contributed by atoms with Crippen LogP contribution in [0.15, 0.2) is 0 Å². The second-order valence-electron chi connectivity index (χ2n) is 5.44. The Labute approximate surface area is 106 Å². The van der Waals surface area contributed by atoms with Crippen LogP contribution < -0.4 is 5.32 Å². The van der Waals surface area contributed by atoms with Crippen molar-refractivity contribution in [3.63, 3.8) is 0 Å². The summed E-state index contributed by atoms with van der Waals surface area (Å²) in [5.41, 5.74) is 0. The van der Waals surface area contributed by atoms with Crippen molar-refractivity contribution in [2.75, 3.05) is 20.1 Å². The summed E-state index contributed by atoms with van der Waals surface area (Å²) in [5, 5.41) is 3.35. The predicted molar refractivity (Wildman–Crippen MR) is 71.9 cm³/mol. The van der Waals surface area contributed by atoms with E-state index >= 15 is 0 Å². The van der Waals surface area contributed by atoms with E-state index in [1.807, 2.05) is 7.05 Å². The standard InChI is InChI=1S/C14H28N2O/c1-5-7-12-8-14(17)16(9-12)10-13(15-4)11(3)6-2/h11-13,15H,5-10H2,1-4H3. The fraction of sp³-hybridized carbons (Fsp3) is 0.929. The Morgan fingerprint density at radius 2 is 2.18 bits per heavy atom. The highest BCUT2D eigenvalue weighted by Crippen LogP contribution is 2.23. The Kier molecular flexibility index (Phi) is 5.96. The maximum atomic E-state index is 11.9. The van der Waals surface area contributed by atoms with Crippen LogP contribution in [0.4, 0.5) is 0 Å². The molecule has 0 aromatic rings. The van der Waals surface area contributed by atoms with Crippen molar-refractivity contribution in [2.24, 2.45) is 11.8 Å².